The number of hydrogen-bond acceptors (Lipinski definition) is 9. The molecule has 6 atom stereocenters. The number of unbranched alkanes of at least 4 members (excludes halogenated alkanes) is 29. The van der Waals surface area contributed by atoms with Gasteiger partial charge in [0.05, 0.1) is 19.8 Å². The Morgan fingerprint density at radius 1 is 0.533 bits per heavy atom. The van der Waals surface area contributed by atoms with Crippen LogP contribution in [0, 0.1) is 0 Å². The van der Waals surface area contributed by atoms with Crippen LogP contribution >= 0.6 is 0 Å². The Morgan fingerprint density at radius 3 is 1.47 bits per heavy atom. The quantitative estimate of drug-likeness (QED) is 0.0268. The van der Waals surface area contributed by atoms with Crippen LogP contribution in [0.25, 0.3) is 0 Å². The maximum absolute atomic E-state index is 12.8. The van der Waals surface area contributed by atoms with Gasteiger partial charge in [-0.05, 0) is 44.9 Å². The van der Waals surface area contributed by atoms with Crippen molar-refractivity contribution in [2.24, 2.45) is 0 Å². The van der Waals surface area contributed by atoms with Gasteiger partial charge >= 0.3 is 5.97 Å². The lowest BCUT2D eigenvalue weighted by atomic mass is 9.99. The topological polar surface area (TPSA) is 135 Å². The van der Waals surface area contributed by atoms with E-state index in [1.807, 2.05) is 0 Å². The Hall–Kier alpha value is -1.33. The summed E-state index contributed by atoms with van der Waals surface area (Å²) in [6.45, 7) is 4.57. The first-order chi connectivity index (χ1) is 29.4. The van der Waals surface area contributed by atoms with E-state index in [4.69, 9.17) is 18.9 Å². The molecule has 1 rings (SSSR count). The van der Waals surface area contributed by atoms with Gasteiger partial charge in [-0.15, -0.1) is 0 Å². The summed E-state index contributed by atoms with van der Waals surface area (Å²) in [4.78, 5) is 12.8. The molecular formula is C51H96O9. The highest BCUT2D eigenvalue weighted by Gasteiger charge is 2.44. The van der Waals surface area contributed by atoms with Gasteiger partial charge in [0.15, 0.2) is 6.29 Å². The number of esters is 1. The van der Waals surface area contributed by atoms with Gasteiger partial charge in [-0.25, -0.2) is 0 Å². The molecular weight excluding hydrogens is 757 g/mol. The standard InChI is InChI=1S/C51H96O9/c1-3-5-7-9-11-13-15-17-19-21-23-24-26-28-30-32-34-36-38-40-47(53)59-45(44-58-51-50(56)49(55)48(54)46(42-52)60-51)43-57-41-39-37-35-33-31-29-27-25-22-20-18-16-14-12-10-8-6-4-2/h11,13,17,19,45-46,48-52,54-56H,3-10,12,14-16,18,20-44H2,1-2H3/b13-11-,19-17-. The Bertz CT molecular complexity index is 972. The highest BCUT2D eigenvalue weighted by atomic mass is 16.7. The molecule has 0 aromatic carbocycles. The SMILES string of the molecule is CCCCC/C=C\C/C=C\CCCCCCCCCCCC(=O)OC(COCCCCCCCCCCCCCCCCCCCC)COC1OC(CO)C(O)C(O)C1O. The first kappa shape index (κ1) is 56.7. The molecule has 354 valence electrons. The average molecular weight is 853 g/mol. The van der Waals surface area contributed by atoms with Crippen molar-refractivity contribution in [2.45, 2.75) is 269 Å². The van der Waals surface area contributed by atoms with Crippen molar-refractivity contribution < 1.29 is 44.2 Å². The molecule has 0 radical (unpaired) electrons. The molecule has 0 bridgehead atoms. The van der Waals surface area contributed by atoms with Crippen molar-refractivity contribution in [1.29, 1.82) is 0 Å². The van der Waals surface area contributed by atoms with Gasteiger partial charge in [0, 0.05) is 13.0 Å². The highest BCUT2D eigenvalue weighted by Crippen LogP contribution is 2.23. The van der Waals surface area contributed by atoms with E-state index in [0.717, 1.165) is 38.5 Å². The van der Waals surface area contributed by atoms with Gasteiger partial charge in [0.25, 0.3) is 0 Å². The first-order valence-electron chi connectivity index (χ1n) is 25.4. The molecule has 0 saturated carbocycles. The van der Waals surface area contributed by atoms with Gasteiger partial charge in [0.1, 0.15) is 30.5 Å². The molecule has 1 fully saturated rings. The minimum Gasteiger partial charge on any atom is -0.457 e. The molecule has 0 aromatic rings. The van der Waals surface area contributed by atoms with Crippen LogP contribution in [-0.2, 0) is 23.7 Å². The van der Waals surface area contributed by atoms with Crippen molar-refractivity contribution in [1.82, 2.24) is 0 Å². The van der Waals surface area contributed by atoms with Crippen molar-refractivity contribution >= 4 is 5.97 Å². The van der Waals surface area contributed by atoms with Crippen LogP contribution in [0.5, 0.6) is 0 Å². The van der Waals surface area contributed by atoms with Crippen molar-refractivity contribution in [3.63, 3.8) is 0 Å². The fraction of sp³-hybridized carbons (Fsp3) is 0.902. The fourth-order valence-electron chi connectivity index (χ4n) is 7.88. The molecule has 6 unspecified atom stereocenters. The van der Waals surface area contributed by atoms with Crippen LogP contribution in [0.15, 0.2) is 24.3 Å². The van der Waals surface area contributed by atoms with Crippen molar-refractivity contribution in [3.05, 3.63) is 24.3 Å². The number of carbonyl (C=O) groups excluding carboxylic acids is 1. The summed E-state index contributed by atoms with van der Waals surface area (Å²) in [5, 5.41) is 40.2. The Balaban J connectivity index is 2.20. The second kappa shape index (κ2) is 42.9. The normalized spacial score (nSPS) is 20.1. The van der Waals surface area contributed by atoms with Crippen LogP contribution in [0.2, 0.25) is 0 Å². The molecule has 0 amide bonds. The Kier molecular flexibility index (Phi) is 40.6. The second-order valence-electron chi connectivity index (χ2n) is 17.6. The van der Waals surface area contributed by atoms with E-state index in [1.165, 1.54) is 173 Å². The largest absolute Gasteiger partial charge is 0.457 e. The van der Waals surface area contributed by atoms with Crippen molar-refractivity contribution in [3.8, 4) is 0 Å². The summed E-state index contributed by atoms with van der Waals surface area (Å²) < 4.78 is 22.9. The summed E-state index contributed by atoms with van der Waals surface area (Å²) in [7, 11) is 0. The third kappa shape index (κ3) is 33.3. The van der Waals surface area contributed by atoms with E-state index in [0.29, 0.717) is 13.0 Å². The summed E-state index contributed by atoms with van der Waals surface area (Å²) in [5.74, 6) is -0.314. The van der Waals surface area contributed by atoms with Gasteiger partial charge in [-0.1, -0.05) is 205 Å². The number of carbonyl (C=O) groups is 1. The molecule has 60 heavy (non-hydrogen) atoms. The molecule has 1 saturated heterocycles. The number of hydrogen-bond donors (Lipinski definition) is 4. The predicted octanol–water partition coefficient (Wildman–Crippen LogP) is 12.1. The summed E-state index contributed by atoms with van der Waals surface area (Å²) in [5.41, 5.74) is 0. The summed E-state index contributed by atoms with van der Waals surface area (Å²) >= 11 is 0. The van der Waals surface area contributed by atoms with Gasteiger partial charge in [-0.3, -0.25) is 4.79 Å². The van der Waals surface area contributed by atoms with Crippen LogP contribution in [-0.4, -0.2) is 89.6 Å². The lowest BCUT2D eigenvalue weighted by Gasteiger charge is -2.39. The molecule has 0 aliphatic carbocycles. The Labute approximate surface area is 368 Å². The minimum absolute atomic E-state index is 0.111. The number of aliphatic hydroxyl groups is 4. The lowest BCUT2D eigenvalue weighted by Crippen LogP contribution is -2.59. The van der Waals surface area contributed by atoms with Crippen LogP contribution in [0.1, 0.15) is 232 Å². The molecule has 1 aliphatic rings. The minimum atomic E-state index is -1.53. The van der Waals surface area contributed by atoms with Crippen LogP contribution < -0.4 is 0 Å². The maximum Gasteiger partial charge on any atom is 0.306 e. The zero-order valence-electron chi connectivity index (χ0n) is 39.0. The van der Waals surface area contributed by atoms with Gasteiger partial charge in [0.2, 0.25) is 0 Å². The Morgan fingerprint density at radius 2 is 0.967 bits per heavy atom. The van der Waals surface area contributed by atoms with E-state index in [-0.39, 0.29) is 19.2 Å². The number of rotatable bonds is 44. The molecule has 9 nitrogen and oxygen atoms in total. The van der Waals surface area contributed by atoms with Gasteiger partial charge < -0.3 is 39.4 Å². The average Bonchev–Trinajstić information content (AvgIpc) is 3.25. The first-order valence-corrected chi connectivity index (χ1v) is 25.4. The van der Waals surface area contributed by atoms with E-state index in [1.54, 1.807) is 0 Å². The molecule has 4 N–H and O–H groups in total. The zero-order valence-corrected chi connectivity index (χ0v) is 39.0. The van der Waals surface area contributed by atoms with E-state index in [9.17, 15) is 25.2 Å². The van der Waals surface area contributed by atoms with E-state index < -0.39 is 43.4 Å². The molecule has 1 aliphatic heterocycles. The smallest absolute Gasteiger partial charge is 0.306 e. The molecule has 9 heteroatoms. The van der Waals surface area contributed by atoms with Gasteiger partial charge in [-0.2, -0.15) is 0 Å². The second-order valence-corrected chi connectivity index (χ2v) is 17.6. The van der Waals surface area contributed by atoms with Crippen LogP contribution in [0.4, 0.5) is 0 Å². The third-order valence-electron chi connectivity index (χ3n) is 11.9. The number of ether oxygens (including phenoxy) is 4. The van der Waals surface area contributed by atoms with E-state index >= 15 is 0 Å². The third-order valence-corrected chi connectivity index (χ3v) is 11.9. The summed E-state index contributed by atoms with van der Waals surface area (Å²) in [6.07, 6.45) is 43.5. The van der Waals surface area contributed by atoms with E-state index in [2.05, 4.69) is 38.2 Å². The fourth-order valence-corrected chi connectivity index (χ4v) is 7.88. The number of aliphatic hydroxyl groups excluding tert-OH is 4. The lowest BCUT2D eigenvalue weighted by molar-refractivity contribution is -0.305. The zero-order chi connectivity index (χ0) is 43.6. The number of allylic oxidation sites excluding steroid dienone is 4. The summed E-state index contributed by atoms with van der Waals surface area (Å²) in [6, 6.07) is 0. The predicted molar refractivity (Wildman–Crippen MR) is 247 cm³/mol. The molecule has 0 spiro atoms. The maximum atomic E-state index is 12.8. The highest BCUT2D eigenvalue weighted by molar-refractivity contribution is 5.69. The van der Waals surface area contributed by atoms with Crippen LogP contribution in [0.3, 0.4) is 0 Å². The monoisotopic (exact) mass is 853 g/mol. The van der Waals surface area contributed by atoms with Crippen molar-refractivity contribution in [2.75, 3.05) is 26.4 Å². The molecule has 1 heterocycles. The molecule has 0 aromatic heterocycles.